The zero-order valence-electron chi connectivity index (χ0n) is 13.3. The van der Waals surface area contributed by atoms with E-state index in [0.717, 1.165) is 43.2 Å². The van der Waals surface area contributed by atoms with Crippen LogP contribution in [-0.2, 0) is 4.74 Å². The maximum atomic E-state index is 13.6. The molecule has 2 heterocycles. The molecule has 1 aliphatic rings. The second-order valence-electron chi connectivity index (χ2n) is 5.79. The Kier molecular flexibility index (Phi) is 5.20. The molecule has 0 bridgehead atoms. The largest absolute Gasteiger partial charge is 0.383 e. The molecule has 1 atom stereocenters. The highest BCUT2D eigenvalue weighted by molar-refractivity contribution is 5.43. The highest BCUT2D eigenvalue weighted by Crippen LogP contribution is 2.23. The first-order valence-corrected chi connectivity index (χ1v) is 7.96. The number of nitrogens with zero attached hydrogens (tertiary/aromatic N) is 2. The van der Waals surface area contributed by atoms with Gasteiger partial charge < -0.3 is 10.1 Å². The van der Waals surface area contributed by atoms with E-state index in [-0.39, 0.29) is 11.9 Å². The van der Waals surface area contributed by atoms with Crippen LogP contribution in [0.3, 0.4) is 0 Å². The summed E-state index contributed by atoms with van der Waals surface area (Å²) in [7, 11) is 0. The number of nitrogens with one attached hydrogen (secondary N) is 1. The molecule has 1 aromatic carbocycles. The Balaban J connectivity index is 1.77. The van der Waals surface area contributed by atoms with Crippen LogP contribution < -0.4 is 5.32 Å². The van der Waals surface area contributed by atoms with Crippen LogP contribution in [0.1, 0.15) is 17.3 Å². The van der Waals surface area contributed by atoms with Gasteiger partial charge in [-0.05, 0) is 36.8 Å². The minimum atomic E-state index is -0.194. The van der Waals surface area contributed by atoms with Crippen molar-refractivity contribution in [3.05, 3.63) is 59.7 Å². The van der Waals surface area contributed by atoms with Gasteiger partial charge in [-0.1, -0.05) is 12.1 Å². The molecule has 3 rings (SSSR count). The lowest BCUT2D eigenvalue weighted by Crippen LogP contribution is -2.41. The van der Waals surface area contributed by atoms with Crippen LogP contribution in [0, 0.1) is 12.7 Å². The number of anilines is 1. The number of ether oxygens (including phenoxy) is 1. The Morgan fingerprint density at radius 3 is 2.83 bits per heavy atom. The highest BCUT2D eigenvalue weighted by atomic mass is 19.1. The summed E-state index contributed by atoms with van der Waals surface area (Å²) in [6.07, 6.45) is 1.80. The van der Waals surface area contributed by atoms with Crippen LogP contribution in [0.5, 0.6) is 0 Å². The van der Waals surface area contributed by atoms with Gasteiger partial charge in [0.15, 0.2) is 0 Å². The third-order valence-corrected chi connectivity index (χ3v) is 4.12. The Morgan fingerprint density at radius 2 is 2.09 bits per heavy atom. The number of halogens is 1. The lowest BCUT2D eigenvalue weighted by atomic mass is 10.0. The number of aryl methyl sites for hydroxylation is 1. The van der Waals surface area contributed by atoms with Gasteiger partial charge in [-0.3, -0.25) is 9.88 Å². The third kappa shape index (κ3) is 4.27. The van der Waals surface area contributed by atoms with Gasteiger partial charge >= 0.3 is 0 Å². The van der Waals surface area contributed by atoms with Gasteiger partial charge in [0.25, 0.3) is 0 Å². The summed E-state index contributed by atoms with van der Waals surface area (Å²) in [4.78, 5) is 6.56. The van der Waals surface area contributed by atoms with E-state index in [1.807, 2.05) is 25.1 Å². The fourth-order valence-electron chi connectivity index (χ4n) is 2.93. The Hall–Kier alpha value is -1.98. The van der Waals surface area contributed by atoms with E-state index in [4.69, 9.17) is 4.74 Å². The zero-order chi connectivity index (χ0) is 16.1. The van der Waals surface area contributed by atoms with Crippen LogP contribution in [0.25, 0.3) is 0 Å². The van der Waals surface area contributed by atoms with Gasteiger partial charge in [-0.25, -0.2) is 4.39 Å². The molecule has 4 nitrogen and oxygen atoms in total. The maximum absolute atomic E-state index is 13.6. The second-order valence-corrected chi connectivity index (χ2v) is 5.79. The van der Waals surface area contributed by atoms with E-state index in [1.54, 1.807) is 18.3 Å². The van der Waals surface area contributed by atoms with E-state index < -0.39 is 0 Å². The first kappa shape index (κ1) is 15.9. The smallest absolute Gasteiger partial charge is 0.123 e. The molecular formula is C18H22FN3O. The van der Waals surface area contributed by atoms with Crippen molar-refractivity contribution in [1.29, 1.82) is 0 Å². The van der Waals surface area contributed by atoms with Gasteiger partial charge in [0, 0.05) is 37.2 Å². The lowest BCUT2D eigenvalue weighted by Gasteiger charge is -2.35. The molecule has 0 saturated carbocycles. The molecule has 0 spiro atoms. The summed E-state index contributed by atoms with van der Waals surface area (Å²) in [5, 5.41) is 3.46. The molecule has 2 aromatic rings. The van der Waals surface area contributed by atoms with Crippen molar-refractivity contribution in [3.63, 3.8) is 0 Å². The number of rotatable bonds is 5. The third-order valence-electron chi connectivity index (χ3n) is 4.12. The Morgan fingerprint density at radius 1 is 1.26 bits per heavy atom. The fourth-order valence-corrected chi connectivity index (χ4v) is 2.93. The van der Waals surface area contributed by atoms with Crippen LogP contribution >= 0.6 is 0 Å². The van der Waals surface area contributed by atoms with Gasteiger partial charge in [0.2, 0.25) is 0 Å². The van der Waals surface area contributed by atoms with Gasteiger partial charge in [-0.2, -0.15) is 0 Å². The Bertz CT molecular complexity index is 644. The number of aromatic nitrogens is 1. The molecule has 122 valence electrons. The van der Waals surface area contributed by atoms with Gasteiger partial charge in [0.1, 0.15) is 5.82 Å². The SMILES string of the molecule is Cc1cc(NCC(c2cccc(F)c2)N2CCOCC2)ccn1. The van der Waals surface area contributed by atoms with Crippen molar-refractivity contribution in [2.24, 2.45) is 0 Å². The predicted octanol–water partition coefficient (Wildman–Crippen LogP) is 3.01. The van der Waals surface area contributed by atoms with E-state index in [1.165, 1.54) is 6.07 Å². The van der Waals surface area contributed by atoms with Crippen molar-refractivity contribution < 1.29 is 9.13 Å². The molecule has 1 unspecified atom stereocenters. The molecule has 1 aromatic heterocycles. The molecule has 0 radical (unpaired) electrons. The first-order chi connectivity index (χ1) is 11.2. The van der Waals surface area contributed by atoms with Gasteiger partial charge in [0.05, 0.1) is 19.3 Å². The van der Waals surface area contributed by atoms with Crippen LogP contribution in [0.4, 0.5) is 10.1 Å². The van der Waals surface area contributed by atoms with Gasteiger partial charge in [-0.15, -0.1) is 0 Å². The molecule has 0 aliphatic carbocycles. The predicted molar refractivity (Wildman–Crippen MR) is 89.0 cm³/mol. The molecule has 5 heteroatoms. The van der Waals surface area contributed by atoms with Crippen LogP contribution in [-0.4, -0.2) is 42.7 Å². The summed E-state index contributed by atoms with van der Waals surface area (Å²) < 4.78 is 19.1. The number of hydrogen-bond donors (Lipinski definition) is 1. The maximum Gasteiger partial charge on any atom is 0.123 e. The molecule has 1 N–H and O–H groups in total. The van der Waals surface area contributed by atoms with Crippen molar-refractivity contribution >= 4 is 5.69 Å². The summed E-state index contributed by atoms with van der Waals surface area (Å²) in [6.45, 7) is 5.85. The second kappa shape index (κ2) is 7.53. The molecule has 1 fully saturated rings. The van der Waals surface area contributed by atoms with Crippen molar-refractivity contribution in [3.8, 4) is 0 Å². The van der Waals surface area contributed by atoms with E-state index in [9.17, 15) is 4.39 Å². The van der Waals surface area contributed by atoms with E-state index >= 15 is 0 Å². The van der Waals surface area contributed by atoms with Crippen molar-refractivity contribution in [2.45, 2.75) is 13.0 Å². The summed E-state index contributed by atoms with van der Waals surface area (Å²) in [6, 6.07) is 11.0. The summed E-state index contributed by atoms with van der Waals surface area (Å²) >= 11 is 0. The number of morpholine rings is 1. The van der Waals surface area contributed by atoms with Crippen molar-refractivity contribution in [2.75, 3.05) is 38.2 Å². The standard InChI is InChI=1S/C18H22FN3O/c1-14-11-17(5-6-20-14)21-13-18(22-7-9-23-10-8-22)15-3-2-4-16(19)12-15/h2-6,11-12,18H,7-10,13H2,1H3,(H,20,21). The first-order valence-electron chi connectivity index (χ1n) is 7.96. The molecule has 1 aliphatic heterocycles. The number of pyridine rings is 1. The monoisotopic (exact) mass is 315 g/mol. The minimum absolute atomic E-state index is 0.114. The normalized spacial score (nSPS) is 17.0. The van der Waals surface area contributed by atoms with Crippen LogP contribution in [0.2, 0.25) is 0 Å². The zero-order valence-corrected chi connectivity index (χ0v) is 13.3. The topological polar surface area (TPSA) is 37.4 Å². The molecule has 0 amide bonds. The molecular weight excluding hydrogens is 293 g/mol. The van der Waals surface area contributed by atoms with E-state index in [0.29, 0.717) is 6.54 Å². The van der Waals surface area contributed by atoms with E-state index in [2.05, 4.69) is 15.2 Å². The number of hydrogen-bond acceptors (Lipinski definition) is 4. The molecule has 23 heavy (non-hydrogen) atoms. The fraction of sp³-hybridized carbons (Fsp3) is 0.389. The molecule has 1 saturated heterocycles. The summed E-state index contributed by atoms with van der Waals surface area (Å²) in [5.74, 6) is -0.194. The average molecular weight is 315 g/mol. The number of benzene rings is 1. The lowest BCUT2D eigenvalue weighted by molar-refractivity contribution is 0.0186. The Labute approximate surface area is 136 Å². The van der Waals surface area contributed by atoms with Crippen LogP contribution in [0.15, 0.2) is 42.6 Å². The average Bonchev–Trinajstić information content (AvgIpc) is 2.56. The summed E-state index contributed by atoms with van der Waals surface area (Å²) in [5.41, 5.74) is 3.00. The van der Waals surface area contributed by atoms with Crippen molar-refractivity contribution in [1.82, 2.24) is 9.88 Å². The minimum Gasteiger partial charge on any atom is -0.383 e. The highest BCUT2D eigenvalue weighted by Gasteiger charge is 2.22. The quantitative estimate of drug-likeness (QED) is 0.920.